The Kier molecular flexibility index (Phi) is 8.73. The van der Waals surface area contributed by atoms with Crippen molar-refractivity contribution in [2.75, 3.05) is 20.1 Å². The minimum Gasteiger partial charge on any atom is -0.355 e. The summed E-state index contributed by atoms with van der Waals surface area (Å²) in [4.78, 5) is 29.0. The molecule has 24 heavy (non-hydrogen) atoms. The first kappa shape index (κ1) is 20.4. The number of aliphatic imine (C=N–C) groups is 1. The Labute approximate surface area is 160 Å². The van der Waals surface area contributed by atoms with Gasteiger partial charge in [0.05, 0.1) is 0 Å². The minimum absolute atomic E-state index is 0. The fourth-order valence-electron chi connectivity index (χ4n) is 2.54. The van der Waals surface area contributed by atoms with Gasteiger partial charge in [-0.1, -0.05) is 24.3 Å². The molecule has 132 valence electrons. The van der Waals surface area contributed by atoms with E-state index >= 15 is 0 Å². The summed E-state index contributed by atoms with van der Waals surface area (Å²) in [6, 6.07) is 8.16. The molecule has 1 aromatic carbocycles. The second-order valence-electron chi connectivity index (χ2n) is 5.57. The molecular weight excluding hydrogens is 419 g/mol. The van der Waals surface area contributed by atoms with E-state index in [0.29, 0.717) is 44.9 Å². The molecule has 1 heterocycles. The van der Waals surface area contributed by atoms with Crippen molar-refractivity contribution in [2.45, 2.75) is 32.7 Å². The number of nitrogens with one attached hydrogen (secondary N) is 2. The molecule has 1 fully saturated rings. The molecule has 0 unspecified atom stereocenters. The molecule has 2 rings (SSSR count). The minimum atomic E-state index is -0.0779. The molecule has 1 aliphatic heterocycles. The van der Waals surface area contributed by atoms with Gasteiger partial charge in [0.2, 0.25) is 11.8 Å². The average molecular weight is 444 g/mol. The number of guanidine groups is 1. The van der Waals surface area contributed by atoms with E-state index in [4.69, 9.17) is 0 Å². The Morgan fingerprint density at radius 3 is 2.46 bits per heavy atom. The fourth-order valence-corrected chi connectivity index (χ4v) is 2.54. The topological polar surface area (TPSA) is 73.8 Å². The Balaban J connectivity index is 0.00000288. The highest BCUT2D eigenvalue weighted by molar-refractivity contribution is 14.0. The number of carbonyl (C=O) groups is 2. The van der Waals surface area contributed by atoms with Gasteiger partial charge in [-0.15, -0.1) is 24.0 Å². The zero-order chi connectivity index (χ0) is 16.7. The van der Waals surface area contributed by atoms with E-state index in [9.17, 15) is 9.59 Å². The number of halogens is 1. The Hall–Kier alpha value is -1.64. The third kappa shape index (κ3) is 5.77. The molecule has 1 aromatic rings. The van der Waals surface area contributed by atoms with Crippen LogP contribution >= 0.6 is 24.0 Å². The number of amides is 2. The van der Waals surface area contributed by atoms with Gasteiger partial charge < -0.3 is 10.6 Å². The number of likely N-dealkylation sites (tertiary alicyclic amines) is 1. The number of imide groups is 1. The van der Waals surface area contributed by atoms with Crippen LogP contribution in [0.15, 0.2) is 29.3 Å². The molecule has 0 bridgehead atoms. The maximum Gasteiger partial charge on any atom is 0.229 e. The van der Waals surface area contributed by atoms with Crippen LogP contribution in [0.25, 0.3) is 0 Å². The highest BCUT2D eigenvalue weighted by Gasteiger charge is 2.25. The van der Waals surface area contributed by atoms with Gasteiger partial charge in [0.1, 0.15) is 0 Å². The monoisotopic (exact) mass is 444 g/mol. The lowest BCUT2D eigenvalue weighted by molar-refractivity contribution is -0.147. The number of nitrogens with zero attached hydrogens (tertiary/aromatic N) is 2. The first-order valence-corrected chi connectivity index (χ1v) is 7.94. The molecule has 6 nitrogen and oxygen atoms in total. The van der Waals surface area contributed by atoms with Crippen LogP contribution in [0, 0.1) is 6.92 Å². The standard InChI is InChI=1S/C17H24N4O2.HI/c1-13-6-3-4-7-14(13)12-20-17(18-2)19-10-11-21-15(22)8-5-9-16(21)23;/h3-4,6-7H,5,8-12H2,1-2H3,(H2,18,19,20);1H. The van der Waals surface area contributed by atoms with Crippen LogP contribution in [0.1, 0.15) is 30.4 Å². The third-order valence-electron chi connectivity index (χ3n) is 3.94. The number of rotatable bonds is 5. The van der Waals surface area contributed by atoms with Gasteiger partial charge in [-0.3, -0.25) is 19.5 Å². The second kappa shape index (κ2) is 10.3. The number of hydrogen-bond donors (Lipinski definition) is 2. The molecule has 2 amide bonds. The van der Waals surface area contributed by atoms with Crippen molar-refractivity contribution in [3.63, 3.8) is 0 Å². The van der Waals surface area contributed by atoms with E-state index in [1.807, 2.05) is 12.1 Å². The largest absolute Gasteiger partial charge is 0.355 e. The zero-order valence-corrected chi connectivity index (χ0v) is 16.5. The molecule has 0 radical (unpaired) electrons. The van der Waals surface area contributed by atoms with Gasteiger partial charge >= 0.3 is 0 Å². The molecule has 0 aromatic heterocycles. The van der Waals surface area contributed by atoms with E-state index in [0.717, 1.165) is 0 Å². The van der Waals surface area contributed by atoms with Crippen LogP contribution in [0.5, 0.6) is 0 Å². The molecule has 2 N–H and O–H groups in total. The van der Waals surface area contributed by atoms with Gasteiger partial charge in [0, 0.05) is 39.5 Å². The van der Waals surface area contributed by atoms with Gasteiger partial charge in [0.25, 0.3) is 0 Å². The lowest BCUT2D eigenvalue weighted by Gasteiger charge is -2.25. The van der Waals surface area contributed by atoms with Crippen molar-refractivity contribution in [1.82, 2.24) is 15.5 Å². The molecule has 7 heteroatoms. The summed E-state index contributed by atoms with van der Waals surface area (Å²) in [6.45, 7) is 3.61. The summed E-state index contributed by atoms with van der Waals surface area (Å²) in [7, 11) is 1.70. The molecule has 1 saturated heterocycles. The van der Waals surface area contributed by atoms with E-state index < -0.39 is 0 Å². The predicted molar refractivity (Wildman–Crippen MR) is 105 cm³/mol. The van der Waals surface area contributed by atoms with Crippen LogP contribution in [-0.2, 0) is 16.1 Å². The average Bonchev–Trinajstić information content (AvgIpc) is 2.54. The summed E-state index contributed by atoms with van der Waals surface area (Å²) in [5.41, 5.74) is 2.43. The van der Waals surface area contributed by atoms with Crippen molar-refractivity contribution >= 4 is 41.8 Å². The van der Waals surface area contributed by atoms with E-state index in [2.05, 4.69) is 34.7 Å². The summed E-state index contributed by atoms with van der Waals surface area (Å²) < 4.78 is 0. The summed E-state index contributed by atoms with van der Waals surface area (Å²) in [5.74, 6) is 0.502. The smallest absolute Gasteiger partial charge is 0.229 e. The van der Waals surface area contributed by atoms with Gasteiger partial charge in [-0.05, 0) is 24.5 Å². The number of aryl methyl sites for hydroxylation is 1. The highest BCUT2D eigenvalue weighted by atomic mass is 127. The van der Waals surface area contributed by atoms with Crippen molar-refractivity contribution in [3.05, 3.63) is 35.4 Å². The van der Waals surface area contributed by atoms with Crippen molar-refractivity contribution in [2.24, 2.45) is 4.99 Å². The second-order valence-corrected chi connectivity index (χ2v) is 5.57. The first-order chi connectivity index (χ1) is 11.1. The first-order valence-electron chi connectivity index (χ1n) is 7.94. The Morgan fingerprint density at radius 2 is 1.83 bits per heavy atom. The molecule has 0 aliphatic carbocycles. The molecule has 1 aliphatic rings. The molecule has 0 saturated carbocycles. The van der Waals surface area contributed by atoms with Crippen LogP contribution in [0.2, 0.25) is 0 Å². The highest BCUT2D eigenvalue weighted by Crippen LogP contribution is 2.11. The number of hydrogen-bond acceptors (Lipinski definition) is 3. The summed E-state index contributed by atoms with van der Waals surface area (Å²) in [6.07, 6.45) is 1.60. The molecular formula is C17H25IN4O2. The number of carbonyl (C=O) groups excluding carboxylic acids is 2. The van der Waals surface area contributed by atoms with Gasteiger partial charge in [-0.2, -0.15) is 0 Å². The van der Waals surface area contributed by atoms with Crippen LogP contribution in [0.3, 0.4) is 0 Å². The van der Waals surface area contributed by atoms with Gasteiger partial charge in [0.15, 0.2) is 5.96 Å². The van der Waals surface area contributed by atoms with Crippen molar-refractivity contribution < 1.29 is 9.59 Å². The maximum absolute atomic E-state index is 11.7. The quantitative estimate of drug-likeness (QED) is 0.315. The summed E-state index contributed by atoms with van der Waals surface area (Å²) >= 11 is 0. The third-order valence-corrected chi connectivity index (χ3v) is 3.94. The van der Waals surface area contributed by atoms with Crippen molar-refractivity contribution in [1.29, 1.82) is 0 Å². The summed E-state index contributed by atoms with van der Waals surface area (Å²) in [5, 5.41) is 6.38. The number of benzene rings is 1. The maximum atomic E-state index is 11.7. The van der Waals surface area contributed by atoms with Crippen LogP contribution in [-0.4, -0.2) is 42.8 Å². The lowest BCUT2D eigenvalue weighted by Crippen LogP contribution is -2.46. The zero-order valence-electron chi connectivity index (χ0n) is 14.2. The molecule has 0 spiro atoms. The van der Waals surface area contributed by atoms with Crippen LogP contribution in [0.4, 0.5) is 0 Å². The van der Waals surface area contributed by atoms with E-state index in [1.54, 1.807) is 7.05 Å². The van der Waals surface area contributed by atoms with E-state index in [-0.39, 0.29) is 35.8 Å². The van der Waals surface area contributed by atoms with Gasteiger partial charge in [-0.25, -0.2) is 0 Å². The van der Waals surface area contributed by atoms with E-state index in [1.165, 1.54) is 16.0 Å². The van der Waals surface area contributed by atoms with Crippen molar-refractivity contribution in [3.8, 4) is 0 Å². The number of piperidine rings is 1. The SMILES string of the molecule is CN=C(NCCN1C(=O)CCCC1=O)NCc1ccccc1C.I. The normalized spacial score (nSPS) is 15.1. The molecule has 0 atom stereocenters. The fraction of sp³-hybridized carbons (Fsp3) is 0.471. The van der Waals surface area contributed by atoms with Crippen LogP contribution < -0.4 is 10.6 Å². The predicted octanol–water partition coefficient (Wildman–Crippen LogP) is 1.82. The Morgan fingerprint density at radius 1 is 1.17 bits per heavy atom. The lowest BCUT2D eigenvalue weighted by atomic mass is 10.1. The Bertz CT molecular complexity index is 588.